The SMILES string of the molecule is CC1CN=C(N(CCCCN)C(C)Cc2ccccc2)N1. The number of rotatable bonds is 7. The molecule has 2 rings (SSSR count). The van der Waals surface area contributed by atoms with E-state index in [1.807, 2.05) is 0 Å². The number of unbranched alkanes of at least 4 members (excludes halogenated alkanes) is 1. The summed E-state index contributed by atoms with van der Waals surface area (Å²) in [6, 6.07) is 11.5. The first-order chi connectivity index (χ1) is 10.2. The zero-order valence-electron chi connectivity index (χ0n) is 13.3. The topological polar surface area (TPSA) is 53.6 Å². The lowest BCUT2D eigenvalue weighted by molar-refractivity contribution is 0.312. The van der Waals surface area contributed by atoms with Gasteiger partial charge in [-0.05, 0) is 45.2 Å². The summed E-state index contributed by atoms with van der Waals surface area (Å²) in [5.74, 6) is 1.06. The van der Waals surface area contributed by atoms with Gasteiger partial charge in [0.05, 0.1) is 6.54 Å². The monoisotopic (exact) mass is 288 g/mol. The van der Waals surface area contributed by atoms with Crippen molar-refractivity contribution in [2.45, 2.75) is 45.2 Å². The zero-order valence-corrected chi connectivity index (χ0v) is 13.3. The maximum Gasteiger partial charge on any atom is 0.194 e. The van der Waals surface area contributed by atoms with Gasteiger partial charge in [-0.15, -0.1) is 0 Å². The number of nitrogens with one attached hydrogen (secondary N) is 1. The lowest BCUT2D eigenvalue weighted by atomic mass is 10.1. The van der Waals surface area contributed by atoms with Gasteiger partial charge in [-0.2, -0.15) is 0 Å². The Balaban J connectivity index is 1.99. The first-order valence-electron chi connectivity index (χ1n) is 8.02. The predicted octanol–water partition coefficient (Wildman–Crippen LogP) is 2.01. The Morgan fingerprint density at radius 2 is 2.10 bits per heavy atom. The van der Waals surface area contributed by atoms with E-state index in [0.717, 1.165) is 44.9 Å². The molecule has 0 spiro atoms. The van der Waals surface area contributed by atoms with Crippen molar-refractivity contribution in [3.8, 4) is 0 Å². The van der Waals surface area contributed by atoms with Crippen molar-refractivity contribution in [1.82, 2.24) is 10.2 Å². The fourth-order valence-electron chi connectivity index (χ4n) is 2.74. The third-order valence-electron chi connectivity index (χ3n) is 3.92. The van der Waals surface area contributed by atoms with Crippen molar-refractivity contribution in [2.75, 3.05) is 19.6 Å². The third-order valence-corrected chi connectivity index (χ3v) is 3.92. The minimum atomic E-state index is 0.432. The normalized spacial score (nSPS) is 19.0. The molecule has 0 aliphatic carbocycles. The average molecular weight is 288 g/mol. The number of benzene rings is 1. The molecular formula is C17H28N4. The molecule has 116 valence electrons. The van der Waals surface area contributed by atoms with E-state index in [1.165, 1.54) is 5.56 Å². The van der Waals surface area contributed by atoms with Gasteiger partial charge in [0.15, 0.2) is 5.96 Å². The molecule has 1 aliphatic rings. The Kier molecular flexibility index (Phi) is 6.05. The van der Waals surface area contributed by atoms with E-state index < -0.39 is 0 Å². The van der Waals surface area contributed by atoms with E-state index in [4.69, 9.17) is 5.73 Å². The van der Waals surface area contributed by atoms with Gasteiger partial charge in [-0.25, -0.2) is 0 Å². The van der Waals surface area contributed by atoms with Crippen molar-refractivity contribution < 1.29 is 0 Å². The van der Waals surface area contributed by atoms with Gasteiger partial charge >= 0.3 is 0 Å². The van der Waals surface area contributed by atoms with Crippen LogP contribution < -0.4 is 11.1 Å². The molecule has 1 heterocycles. The van der Waals surface area contributed by atoms with Crippen LogP contribution in [0.3, 0.4) is 0 Å². The maximum atomic E-state index is 5.63. The number of hydrogen-bond donors (Lipinski definition) is 2. The van der Waals surface area contributed by atoms with Gasteiger partial charge in [0, 0.05) is 18.6 Å². The van der Waals surface area contributed by atoms with E-state index in [1.54, 1.807) is 0 Å². The first kappa shape index (κ1) is 15.8. The molecule has 2 unspecified atom stereocenters. The molecule has 0 amide bonds. The molecule has 0 saturated heterocycles. The number of aliphatic imine (C=N–C) groups is 1. The summed E-state index contributed by atoms with van der Waals surface area (Å²) in [6.07, 6.45) is 3.22. The fraction of sp³-hybridized carbons (Fsp3) is 0.588. The maximum absolute atomic E-state index is 5.63. The lowest BCUT2D eigenvalue weighted by Gasteiger charge is -2.31. The highest BCUT2D eigenvalue weighted by atomic mass is 15.3. The smallest absolute Gasteiger partial charge is 0.194 e. The summed E-state index contributed by atoms with van der Waals surface area (Å²) in [5, 5.41) is 3.49. The van der Waals surface area contributed by atoms with Gasteiger partial charge in [-0.3, -0.25) is 4.99 Å². The molecule has 4 heteroatoms. The van der Waals surface area contributed by atoms with Crippen molar-refractivity contribution in [1.29, 1.82) is 0 Å². The van der Waals surface area contributed by atoms with E-state index >= 15 is 0 Å². The van der Waals surface area contributed by atoms with Gasteiger partial charge in [0.25, 0.3) is 0 Å². The highest BCUT2D eigenvalue weighted by molar-refractivity contribution is 5.82. The summed E-state index contributed by atoms with van der Waals surface area (Å²) < 4.78 is 0. The highest BCUT2D eigenvalue weighted by Crippen LogP contribution is 2.12. The summed E-state index contributed by atoms with van der Waals surface area (Å²) >= 11 is 0. The standard InChI is InChI=1S/C17H28N4/c1-14-13-19-17(20-14)21(11-7-6-10-18)15(2)12-16-8-4-3-5-9-16/h3-5,8-9,14-15H,6-7,10-13,18H2,1-2H3,(H,19,20). The van der Waals surface area contributed by atoms with Crippen molar-refractivity contribution >= 4 is 5.96 Å². The largest absolute Gasteiger partial charge is 0.352 e. The quantitative estimate of drug-likeness (QED) is 0.755. The molecule has 1 aromatic rings. The van der Waals surface area contributed by atoms with Gasteiger partial charge < -0.3 is 16.0 Å². The van der Waals surface area contributed by atoms with Gasteiger partial charge in [-0.1, -0.05) is 30.3 Å². The molecule has 0 radical (unpaired) electrons. The molecular weight excluding hydrogens is 260 g/mol. The van der Waals surface area contributed by atoms with Crippen molar-refractivity contribution in [3.05, 3.63) is 35.9 Å². The number of hydrogen-bond acceptors (Lipinski definition) is 4. The average Bonchev–Trinajstić information content (AvgIpc) is 2.91. The van der Waals surface area contributed by atoms with E-state index in [-0.39, 0.29) is 0 Å². The molecule has 0 aromatic heterocycles. The summed E-state index contributed by atoms with van der Waals surface area (Å²) in [4.78, 5) is 7.07. The zero-order chi connectivity index (χ0) is 15.1. The Labute approximate surface area is 128 Å². The Bertz CT molecular complexity index is 443. The van der Waals surface area contributed by atoms with Crippen LogP contribution >= 0.6 is 0 Å². The molecule has 4 nitrogen and oxygen atoms in total. The second-order valence-electron chi connectivity index (χ2n) is 5.94. The molecule has 0 saturated carbocycles. The number of guanidine groups is 1. The van der Waals surface area contributed by atoms with Gasteiger partial charge in [0.1, 0.15) is 0 Å². The first-order valence-corrected chi connectivity index (χ1v) is 8.02. The van der Waals surface area contributed by atoms with Crippen LogP contribution in [0.4, 0.5) is 0 Å². The van der Waals surface area contributed by atoms with E-state index in [9.17, 15) is 0 Å². The van der Waals surface area contributed by atoms with Crippen LogP contribution in [0.5, 0.6) is 0 Å². The number of nitrogens with two attached hydrogens (primary N) is 1. The van der Waals surface area contributed by atoms with Crippen molar-refractivity contribution in [2.24, 2.45) is 10.7 Å². The molecule has 21 heavy (non-hydrogen) atoms. The second-order valence-corrected chi connectivity index (χ2v) is 5.94. The minimum absolute atomic E-state index is 0.432. The third kappa shape index (κ3) is 4.74. The van der Waals surface area contributed by atoms with E-state index in [0.29, 0.717) is 12.1 Å². The fourth-order valence-corrected chi connectivity index (χ4v) is 2.74. The molecule has 1 aliphatic heterocycles. The van der Waals surface area contributed by atoms with Crippen LogP contribution in [-0.2, 0) is 6.42 Å². The van der Waals surface area contributed by atoms with Gasteiger partial charge in [0.2, 0.25) is 0 Å². The van der Waals surface area contributed by atoms with Crippen LogP contribution in [0.1, 0.15) is 32.3 Å². The van der Waals surface area contributed by atoms with Crippen LogP contribution in [-0.4, -0.2) is 42.6 Å². The molecule has 0 fully saturated rings. The molecule has 3 N–H and O–H groups in total. The van der Waals surface area contributed by atoms with Crippen LogP contribution in [0.25, 0.3) is 0 Å². The second kappa shape index (κ2) is 8.03. The predicted molar refractivity (Wildman–Crippen MR) is 89.5 cm³/mol. The summed E-state index contributed by atoms with van der Waals surface area (Å²) in [6.45, 7) is 7.11. The molecule has 2 atom stereocenters. The Hall–Kier alpha value is -1.55. The number of nitrogens with zero attached hydrogens (tertiary/aromatic N) is 2. The summed E-state index contributed by atoms with van der Waals surface area (Å²) in [7, 11) is 0. The van der Waals surface area contributed by atoms with E-state index in [2.05, 4.69) is 59.4 Å². The van der Waals surface area contributed by atoms with Crippen LogP contribution in [0, 0.1) is 0 Å². The highest BCUT2D eigenvalue weighted by Gasteiger charge is 2.23. The lowest BCUT2D eigenvalue weighted by Crippen LogP contribution is -2.47. The Morgan fingerprint density at radius 3 is 2.71 bits per heavy atom. The van der Waals surface area contributed by atoms with Crippen molar-refractivity contribution in [3.63, 3.8) is 0 Å². The molecule has 1 aromatic carbocycles. The molecule has 0 bridgehead atoms. The Morgan fingerprint density at radius 1 is 1.33 bits per heavy atom. The summed E-state index contributed by atoms with van der Waals surface area (Å²) in [5.41, 5.74) is 7.00. The van der Waals surface area contributed by atoms with Crippen LogP contribution in [0.15, 0.2) is 35.3 Å². The minimum Gasteiger partial charge on any atom is -0.352 e. The van der Waals surface area contributed by atoms with Crippen LogP contribution in [0.2, 0.25) is 0 Å².